The Balaban J connectivity index is 0.00000280. The summed E-state index contributed by atoms with van der Waals surface area (Å²) in [5, 5.41) is 11.2. The first-order valence-corrected chi connectivity index (χ1v) is 10.2. The molecule has 1 saturated carbocycles. The lowest BCUT2D eigenvalue weighted by molar-refractivity contribution is 0.322. The third kappa shape index (κ3) is 7.07. The van der Waals surface area contributed by atoms with E-state index >= 15 is 0 Å². The Kier molecular flexibility index (Phi) is 9.73. The fourth-order valence-electron chi connectivity index (χ4n) is 3.75. The molecule has 0 aliphatic heterocycles. The van der Waals surface area contributed by atoms with Gasteiger partial charge in [0.2, 0.25) is 0 Å². The first-order valence-electron chi connectivity index (χ1n) is 10.2. The van der Waals surface area contributed by atoms with Crippen molar-refractivity contribution in [3.63, 3.8) is 0 Å². The molecular formula is C21H33IN6. The lowest BCUT2D eigenvalue weighted by Gasteiger charge is -2.24. The monoisotopic (exact) mass is 496 g/mol. The first kappa shape index (κ1) is 22.6. The molecule has 7 heteroatoms. The number of aliphatic imine (C=N–C) groups is 1. The quantitative estimate of drug-likeness (QED) is 0.341. The second kappa shape index (κ2) is 12.0. The molecule has 0 saturated heterocycles. The molecule has 154 valence electrons. The molecule has 2 aromatic heterocycles. The van der Waals surface area contributed by atoms with E-state index in [1.807, 2.05) is 37.6 Å². The maximum Gasteiger partial charge on any atom is 0.191 e. The molecule has 2 N–H and O–H groups in total. The average Bonchev–Trinajstić information content (AvgIpc) is 3.25. The molecule has 0 spiro atoms. The smallest absolute Gasteiger partial charge is 0.191 e. The first-order chi connectivity index (χ1) is 13.2. The van der Waals surface area contributed by atoms with Crippen molar-refractivity contribution >= 4 is 29.9 Å². The number of guanidine groups is 1. The van der Waals surface area contributed by atoms with E-state index in [0.29, 0.717) is 12.6 Å². The summed E-state index contributed by atoms with van der Waals surface area (Å²) in [6.07, 6.45) is 15.1. The summed E-state index contributed by atoms with van der Waals surface area (Å²) >= 11 is 0. The van der Waals surface area contributed by atoms with Gasteiger partial charge in [-0.15, -0.1) is 24.0 Å². The predicted molar refractivity (Wildman–Crippen MR) is 125 cm³/mol. The Hall–Kier alpha value is -1.64. The van der Waals surface area contributed by atoms with E-state index in [4.69, 9.17) is 0 Å². The van der Waals surface area contributed by atoms with Crippen molar-refractivity contribution < 1.29 is 0 Å². The molecule has 6 nitrogen and oxygen atoms in total. The summed E-state index contributed by atoms with van der Waals surface area (Å²) in [6.45, 7) is 2.95. The minimum absolute atomic E-state index is 0. The normalized spacial score (nSPS) is 16.3. The maximum absolute atomic E-state index is 4.37. The number of nitrogens with one attached hydrogen (secondary N) is 2. The standard InChI is InChI=1S/C21H32N6.HI/c1-17(9-10-18-7-4-3-5-8-18)26-21(22-2)24-16-19-11-13-23-20(15-19)27-14-6-12-25-27;/h6,11-15,17-18H,3-5,7-10,16H2,1-2H3,(H2,22,24,26);1H. The Morgan fingerprint density at radius 2 is 2.11 bits per heavy atom. The van der Waals surface area contributed by atoms with Crippen LogP contribution in [0.2, 0.25) is 0 Å². The SMILES string of the molecule is CN=C(NCc1ccnc(-n2cccn2)c1)NC(C)CCC1CCCCC1.I. The van der Waals surface area contributed by atoms with Crippen LogP contribution in [0.5, 0.6) is 0 Å². The van der Waals surface area contributed by atoms with Crippen molar-refractivity contribution in [1.82, 2.24) is 25.4 Å². The third-order valence-corrected chi connectivity index (χ3v) is 5.35. The zero-order chi connectivity index (χ0) is 18.9. The van der Waals surface area contributed by atoms with Gasteiger partial charge in [-0.1, -0.05) is 32.1 Å². The van der Waals surface area contributed by atoms with Gasteiger partial charge in [0.1, 0.15) is 0 Å². The van der Waals surface area contributed by atoms with Crippen LogP contribution >= 0.6 is 24.0 Å². The molecule has 0 radical (unpaired) electrons. The summed E-state index contributed by atoms with van der Waals surface area (Å²) in [5.41, 5.74) is 1.15. The Labute approximate surface area is 185 Å². The van der Waals surface area contributed by atoms with E-state index in [0.717, 1.165) is 23.3 Å². The van der Waals surface area contributed by atoms with E-state index in [2.05, 4.69) is 32.6 Å². The molecule has 2 aromatic rings. The van der Waals surface area contributed by atoms with Gasteiger partial charge in [-0.2, -0.15) is 5.10 Å². The fourth-order valence-corrected chi connectivity index (χ4v) is 3.75. The van der Waals surface area contributed by atoms with Crippen LogP contribution in [0.1, 0.15) is 57.4 Å². The lowest BCUT2D eigenvalue weighted by atomic mass is 9.85. The second-order valence-electron chi connectivity index (χ2n) is 7.53. The van der Waals surface area contributed by atoms with Crippen molar-refractivity contribution in [1.29, 1.82) is 0 Å². The van der Waals surface area contributed by atoms with Crippen molar-refractivity contribution in [2.75, 3.05) is 7.05 Å². The van der Waals surface area contributed by atoms with Crippen molar-refractivity contribution in [2.45, 2.75) is 64.5 Å². The Morgan fingerprint density at radius 1 is 1.29 bits per heavy atom. The van der Waals surface area contributed by atoms with Gasteiger partial charge in [0, 0.05) is 38.2 Å². The lowest BCUT2D eigenvalue weighted by Crippen LogP contribution is -2.42. The molecule has 1 aliphatic rings. The highest BCUT2D eigenvalue weighted by Crippen LogP contribution is 2.27. The number of pyridine rings is 1. The highest BCUT2D eigenvalue weighted by Gasteiger charge is 2.15. The maximum atomic E-state index is 4.37. The van der Waals surface area contributed by atoms with E-state index in [1.165, 1.54) is 44.9 Å². The van der Waals surface area contributed by atoms with Crippen molar-refractivity contribution in [2.24, 2.45) is 10.9 Å². The van der Waals surface area contributed by atoms with Crippen LogP contribution < -0.4 is 10.6 Å². The molecule has 1 fully saturated rings. The summed E-state index contributed by atoms with van der Waals surface area (Å²) in [6, 6.07) is 6.38. The van der Waals surface area contributed by atoms with Crippen LogP contribution in [-0.4, -0.2) is 33.8 Å². The third-order valence-electron chi connectivity index (χ3n) is 5.35. The van der Waals surface area contributed by atoms with E-state index in [1.54, 1.807) is 10.9 Å². The molecular weight excluding hydrogens is 463 g/mol. The molecule has 1 atom stereocenters. The largest absolute Gasteiger partial charge is 0.354 e. The van der Waals surface area contributed by atoms with Crippen LogP contribution in [-0.2, 0) is 6.54 Å². The molecule has 1 unspecified atom stereocenters. The van der Waals surface area contributed by atoms with Gasteiger partial charge >= 0.3 is 0 Å². The van der Waals surface area contributed by atoms with Gasteiger partial charge < -0.3 is 10.6 Å². The summed E-state index contributed by atoms with van der Waals surface area (Å²) in [7, 11) is 1.82. The van der Waals surface area contributed by atoms with Crippen LogP contribution in [0.15, 0.2) is 41.8 Å². The van der Waals surface area contributed by atoms with Crippen LogP contribution in [0.4, 0.5) is 0 Å². The topological polar surface area (TPSA) is 67.1 Å². The molecule has 28 heavy (non-hydrogen) atoms. The van der Waals surface area contributed by atoms with Crippen molar-refractivity contribution in [3.8, 4) is 5.82 Å². The van der Waals surface area contributed by atoms with Gasteiger partial charge in [0.05, 0.1) is 0 Å². The second-order valence-corrected chi connectivity index (χ2v) is 7.53. The van der Waals surface area contributed by atoms with Gasteiger partial charge in [-0.05, 0) is 49.4 Å². The highest BCUT2D eigenvalue weighted by atomic mass is 127. The number of nitrogens with zero attached hydrogens (tertiary/aromatic N) is 4. The molecule has 2 heterocycles. The molecule has 0 bridgehead atoms. The summed E-state index contributed by atoms with van der Waals surface area (Å²) in [4.78, 5) is 8.74. The number of hydrogen-bond acceptors (Lipinski definition) is 3. The number of halogens is 1. The highest BCUT2D eigenvalue weighted by molar-refractivity contribution is 14.0. The van der Waals surface area contributed by atoms with Gasteiger partial charge in [0.15, 0.2) is 11.8 Å². The van der Waals surface area contributed by atoms with Crippen molar-refractivity contribution in [3.05, 3.63) is 42.4 Å². The predicted octanol–water partition coefficient (Wildman–Crippen LogP) is 4.30. The summed E-state index contributed by atoms with van der Waals surface area (Å²) in [5.74, 6) is 2.60. The van der Waals surface area contributed by atoms with Gasteiger partial charge in [0.25, 0.3) is 0 Å². The van der Waals surface area contributed by atoms with Gasteiger partial charge in [-0.25, -0.2) is 9.67 Å². The van der Waals surface area contributed by atoms with Crippen LogP contribution in [0, 0.1) is 5.92 Å². The zero-order valence-electron chi connectivity index (χ0n) is 17.0. The minimum Gasteiger partial charge on any atom is -0.354 e. The fraction of sp³-hybridized carbons (Fsp3) is 0.571. The minimum atomic E-state index is 0. The van der Waals surface area contributed by atoms with E-state index in [9.17, 15) is 0 Å². The van der Waals surface area contributed by atoms with Gasteiger partial charge in [-0.3, -0.25) is 4.99 Å². The van der Waals surface area contributed by atoms with E-state index < -0.39 is 0 Å². The molecule has 1 aliphatic carbocycles. The average molecular weight is 496 g/mol. The molecule has 3 rings (SSSR count). The van der Waals surface area contributed by atoms with Crippen LogP contribution in [0.25, 0.3) is 5.82 Å². The zero-order valence-corrected chi connectivity index (χ0v) is 19.3. The Bertz CT molecular complexity index is 709. The molecule has 0 amide bonds. The number of rotatable bonds is 7. The number of aromatic nitrogens is 3. The van der Waals surface area contributed by atoms with Crippen LogP contribution in [0.3, 0.4) is 0 Å². The number of hydrogen-bond donors (Lipinski definition) is 2. The Morgan fingerprint density at radius 3 is 2.82 bits per heavy atom. The summed E-state index contributed by atoms with van der Waals surface area (Å²) < 4.78 is 1.77. The molecule has 0 aromatic carbocycles. The van der Waals surface area contributed by atoms with E-state index in [-0.39, 0.29) is 24.0 Å².